The topological polar surface area (TPSA) is 61.4 Å². The molecule has 106 valence electrons. The Morgan fingerprint density at radius 3 is 3.11 bits per heavy atom. The lowest BCUT2D eigenvalue weighted by molar-refractivity contribution is -0.137. The van der Waals surface area contributed by atoms with Crippen molar-refractivity contribution in [3.63, 3.8) is 0 Å². The van der Waals surface area contributed by atoms with Gasteiger partial charge in [-0.05, 0) is 44.2 Å². The molecule has 1 aromatic heterocycles. The second kappa shape index (κ2) is 7.03. The van der Waals surface area contributed by atoms with Gasteiger partial charge in [0, 0.05) is 17.0 Å². The zero-order chi connectivity index (χ0) is 13.7. The summed E-state index contributed by atoms with van der Waals surface area (Å²) in [4.78, 5) is 12.1. The van der Waals surface area contributed by atoms with Crippen molar-refractivity contribution >= 4 is 17.3 Å². The fourth-order valence-electron chi connectivity index (χ4n) is 2.70. The molecule has 0 aromatic carbocycles. The molecule has 3 atom stereocenters. The van der Waals surface area contributed by atoms with Crippen LogP contribution in [0, 0.1) is 0 Å². The molecule has 2 rings (SSSR count). The second-order valence-corrected chi connectivity index (χ2v) is 6.24. The van der Waals surface area contributed by atoms with Crippen LogP contribution >= 0.6 is 11.3 Å². The Hall–Kier alpha value is -0.910. The monoisotopic (exact) mass is 282 g/mol. The molecule has 0 amide bonds. The van der Waals surface area contributed by atoms with Crippen LogP contribution in [0.4, 0.5) is 0 Å². The van der Waals surface area contributed by atoms with Crippen molar-refractivity contribution in [1.29, 1.82) is 0 Å². The van der Waals surface area contributed by atoms with E-state index < -0.39 is 5.97 Å². The molecule has 3 N–H and O–H groups in total. The molecule has 2 heterocycles. The van der Waals surface area contributed by atoms with Gasteiger partial charge in [-0.25, -0.2) is 0 Å². The van der Waals surface area contributed by atoms with Gasteiger partial charge in [0.25, 0.3) is 0 Å². The summed E-state index contributed by atoms with van der Waals surface area (Å²) in [6, 6.07) is 4.80. The molecule has 0 saturated carbocycles. The van der Waals surface area contributed by atoms with Crippen molar-refractivity contribution in [2.75, 3.05) is 6.54 Å². The number of hydrogen-bond donors (Lipinski definition) is 3. The lowest BCUT2D eigenvalue weighted by Crippen LogP contribution is -2.36. The number of carbonyl (C=O) groups is 1. The molecule has 5 heteroatoms. The van der Waals surface area contributed by atoms with Crippen LogP contribution in [0.3, 0.4) is 0 Å². The summed E-state index contributed by atoms with van der Waals surface area (Å²) >= 11 is 1.62. The molecule has 1 aromatic rings. The molecule has 4 nitrogen and oxygen atoms in total. The Bertz CT molecular complexity index is 388. The largest absolute Gasteiger partial charge is 0.481 e. The quantitative estimate of drug-likeness (QED) is 0.718. The number of carboxylic acids is 1. The summed E-state index contributed by atoms with van der Waals surface area (Å²) in [6.45, 7) is 3.25. The molecule has 0 aliphatic carbocycles. The maximum atomic E-state index is 11.0. The fraction of sp³-hybridized carbons (Fsp3) is 0.643. The Morgan fingerprint density at radius 2 is 2.53 bits per heavy atom. The van der Waals surface area contributed by atoms with Crippen molar-refractivity contribution in [2.24, 2.45) is 0 Å². The number of carboxylic acid groups (broad SMARTS) is 1. The summed E-state index contributed by atoms with van der Waals surface area (Å²) in [5.41, 5.74) is 0. The zero-order valence-electron chi connectivity index (χ0n) is 11.3. The van der Waals surface area contributed by atoms with E-state index in [4.69, 9.17) is 5.11 Å². The number of nitrogens with one attached hydrogen (secondary N) is 2. The van der Waals surface area contributed by atoms with Gasteiger partial charge in [-0.15, -0.1) is 11.3 Å². The molecular formula is C14H22N2O2S. The van der Waals surface area contributed by atoms with E-state index in [1.807, 2.05) is 17.5 Å². The van der Waals surface area contributed by atoms with Crippen LogP contribution in [-0.2, 0) is 4.79 Å². The van der Waals surface area contributed by atoms with Gasteiger partial charge in [-0.2, -0.15) is 0 Å². The van der Waals surface area contributed by atoms with Gasteiger partial charge in [0.1, 0.15) is 0 Å². The average Bonchev–Trinajstić information content (AvgIpc) is 2.99. The van der Waals surface area contributed by atoms with Gasteiger partial charge in [0.15, 0.2) is 0 Å². The molecule has 1 fully saturated rings. The Kier molecular flexibility index (Phi) is 5.36. The van der Waals surface area contributed by atoms with E-state index in [0.29, 0.717) is 12.1 Å². The molecule has 1 saturated heterocycles. The normalized spacial score (nSPS) is 22.3. The van der Waals surface area contributed by atoms with Crippen molar-refractivity contribution in [3.05, 3.63) is 22.4 Å². The Labute approximate surface area is 118 Å². The van der Waals surface area contributed by atoms with E-state index in [1.165, 1.54) is 12.8 Å². The Morgan fingerprint density at radius 1 is 1.68 bits per heavy atom. The molecule has 0 spiro atoms. The standard InChI is InChI=1S/C14H22N2O2S/c1-10(8-11-4-2-6-15-11)16-12(9-14(17)18)13-5-3-7-19-13/h3,5,7,10-12,15-16H,2,4,6,8-9H2,1H3,(H,17,18). The summed E-state index contributed by atoms with van der Waals surface area (Å²) < 4.78 is 0. The first-order valence-corrected chi connectivity index (χ1v) is 7.77. The number of aliphatic carboxylic acids is 1. The Balaban J connectivity index is 1.89. The lowest BCUT2D eigenvalue weighted by Gasteiger charge is -2.23. The molecule has 3 unspecified atom stereocenters. The third kappa shape index (κ3) is 4.60. The van der Waals surface area contributed by atoms with Crippen LogP contribution in [0.2, 0.25) is 0 Å². The van der Waals surface area contributed by atoms with Crippen molar-refractivity contribution in [1.82, 2.24) is 10.6 Å². The molecule has 19 heavy (non-hydrogen) atoms. The van der Waals surface area contributed by atoms with Crippen molar-refractivity contribution in [3.8, 4) is 0 Å². The highest BCUT2D eigenvalue weighted by Crippen LogP contribution is 2.23. The van der Waals surface area contributed by atoms with Gasteiger partial charge in [-0.3, -0.25) is 4.79 Å². The van der Waals surface area contributed by atoms with E-state index in [9.17, 15) is 4.79 Å². The van der Waals surface area contributed by atoms with E-state index in [0.717, 1.165) is 17.8 Å². The first-order valence-electron chi connectivity index (χ1n) is 6.90. The van der Waals surface area contributed by atoms with Crippen LogP contribution in [0.25, 0.3) is 0 Å². The predicted molar refractivity (Wildman–Crippen MR) is 77.6 cm³/mol. The number of thiophene rings is 1. The van der Waals surface area contributed by atoms with Crippen molar-refractivity contribution < 1.29 is 9.90 Å². The van der Waals surface area contributed by atoms with Gasteiger partial charge in [0.2, 0.25) is 0 Å². The van der Waals surface area contributed by atoms with E-state index in [-0.39, 0.29) is 12.5 Å². The number of hydrogen-bond acceptors (Lipinski definition) is 4. The van der Waals surface area contributed by atoms with Gasteiger partial charge < -0.3 is 15.7 Å². The highest BCUT2D eigenvalue weighted by Gasteiger charge is 2.22. The second-order valence-electron chi connectivity index (χ2n) is 5.26. The zero-order valence-corrected chi connectivity index (χ0v) is 12.1. The first kappa shape index (κ1) is 14.5. The van der Waals surface area contributed by atoms with Crippen LogP contribution in [0.1, 0.15) is 43.5 Å². The summed E-state index contributed by atoms with van der Waals surface area (Å²) in [5.74, 6) is -0.753. The van der Waals surface area contributed by atoms with Crippen molar-refractivity contribution in [2.45, 2.75) is 50.7 Å². The fourth-order valence-corrected chi connectivity index (χ4v) is 3.49. The minimum Gasteiger partial charge on any atom is -0.481 e. The summed E-state index contributed by atoms with van der Waals surface area (Å²) in [6.07, 6.45) is 3.68. The molecular weight excluding hydrogens is 260 g/mol. The molecule has 1 aliphatic rings. The first-order chi connectivity index (χ1) is 9.15. The highest BCUT2D eigenvalue weighted by molar-refractivity contribution is 7.10. The van der Waals surface area contributed by atoms with E-state index in [2.05, 4.69) is 17.6 Å². The summed E-state index contributed by atoms with van der Waals surface area (Å²) in [5, 5.41) is 18.0. The smallest absolute Gasteiger partial charge is 0.305 e. The van der Waals surface area contributed by atoms with Gasteiger partial charge in [-0.1, -0.05) is 6.07 Å². The molecule has 1 aliphatic heterocycles. The summed E-state index contributed by atoms with van der Waals surface area (Å²) in [7, 11) is 0. The third-order valence-corrected chi connectivity index (χ3v) is 4.54. The van der Waals surface area contributed by atoms with Gasteiger partial charge in [0.05, 0.1) is 12.5 Å². The van der Waals surface area contributed by atoms with Crippen LogP contribution < -0.4 is 10.6 Å². The minimum absolute atomic E-state index is 0.0751. The van der Waals surface area contributed by atoms with E-state index in [1.54, 1.807) is 11.3 Å². The lowest BCUT2D eigenvalue weighted by atomic mass is 10.0. The predicted octanol–water partition coefficient (Wildman–Crippen LogP) is 2.38. The van der Waals surface area contributed by atoms with Gasteiger partial charge >= 0.3 is 5.97 Å². The maximum Gasteiger partial charge on any atom is 0.305 e. The number of rotatable bonds is 7. The van der Waals surface area contributed by atoms with Crippen LogP contribution in [0.5, 0.6) is 0 Å². The third-order valence-electron chi connectivity index (χ3n) is 3.55. The average molecular weight is 282 g/mol. The highest BCUT2D eigenvalue weighted by atomic mass is 32.1. The SMILES string of the molecule is CC(CC1CCCN1)NC(CC(=O)O)c1cccs1. The van der Waals surface area contributed by atoms with Crippen LogP contribution in [-0.4, -0.2) is 29.7 Å². The minimum atomic E-state index is -0.753. The molecule has 0 bridgehead atoms. The maximum absolute atomic E-state index is 11.0. The van der Waals surface area contributed by atoms with Crippen LogP contribution in [0.15, 0.2) is 17.5 Å². The molecule has 0 radical (unpaired) electrons. The van der Waals surface area contributed by atoms with E-state index >= 15 is 0 Å².